The van der Waals surface area contributed by atoms with Crippen LogP contribution in [0.4, 0.5) is 0 Å². The van der Waals surface area contributed by atoms with Gasteiger partial charge in [0.25, 0.3) is 0 Å². The SMILES string of the molecule is CC(C)CSC(C)C(N)c1ccccc1. The van der Waals surface area contributed by atoms with E-state index in [0.29, 0.717) is 5.25 Å². The molecule has 0 aliphatic rings. The number of rotatable bonds is 5. The lowest BCUT2D eigenvalue weighted by Gasteiger charge is -2.20. The summed E-state index contributed by atoms with van der Waals surface area (Å²) in [5, 5.41) is 0.481. The molecule has 0 radical (unpaired) electrons. The Morgan fingerprint density at radius 3 is 2.27 bits per heavy atom. The molecule has 1 aromatic carbocycles. The molecule has 1 rings (SSSR count). The van der Waals surface area contributed by atoms with E-state index in [1.807, 2.05) is 17.8 Å². The largest absolute Gasteiger partial charge is 0.323 e. The van der Waals surface area contributed by atoms with Crippen molar-refractivity contribution in [2.24, 2.45) is 11.7 Å². The Morgan fingerprint density at radius 1 is 1.13 bits per heavy atom. The van der Waals surface area contributed by atoms with Crippen LogP contribution in [0.3, 0.4) is 0 Å². The van der Waals surface area contributed by atoms with Gasteiger partial charge in [0.15, 0.2) is 0 Å². The fraction of sp³-hybridized carbons (Fsp3) is 0.538. The van der Waals surface area contributed by atoms with Crippen LogP contribution in [0.25, 0.3) is 0 Å². The van der Waals surface area contributed by atoms with Crippen molar-refractivity contribution in [3.05, 3.63) is 35.9 Å². The van der Waals surface area contributed by atoms with Crippen molar-refractivity contribution in [3.63, 3.8) is 0 Å². The number of hydrogen-bond donors (Lipinski definition) is 1. The fourth-order valence-corrected chi connectivity index (χ4v) is 2.45. The monoisotopic (exact) mass is 223 g/mol. The van der Waals surface area contributed by atoms with Gasteiger partial charge in [0.05, 0.1) is 0 Å². The van der Waals surface area contributed by atoms with Crippen molar-refractivity contribution in [2.45, 2.75) is 32.1 Å². The molecule has 0 aliphatic carbocycles. The molecule has 15 heavy (non-hydrogen) atoms. The highest BCUT2D eigenvalue weighted by molar-refractivity contribution is 7.99. The van der Waals surface area contributed by atoms with Crippen LogP contribution in [-0.2, 0) is 0 Å². The van der Waals surface area contributed by atoms with Crippen LogP contribution in [0, 0.1) is 5.92 Å². The van der Waals surface area contributed by atoms with Crippen LogP contribution in [0.2, 0.25) is 0 Å². The number of nitrogens with two attached hydrogens (primary N) is 1. The number of hydrogen-bond acceptors (Lipinski definition) is 2. The van der Waals surface area contributed by atoms with Crippen molar-refractivity contribution in [1.29, 1.82) is 0 Å². The first-order chi connectivity index (χ1) is 7.11. The number of benzene rings is 1. The van der Waals surface area contributed by atoms with Crippen LogP contribution in [-0.4, -0.2) is 11.0 Å². The minimum absolute atomic E-state index is 0.148. The van der Waals surface area contributed by atoms with Crippen molar-refractivity contribution in [3.8, 4) is 0 Å². The molecule has 0 saturated carbocycles. The Kier molecular flexibility index (Phi) is 5.20. The molecular weight excluding hydrogens is 202 g/mol. The fourth-order valence-electron chi connectivity index (χ4n) is 1.39. The minimum Gasteiger partial charge on any atom is -0.323 e. The lowest BCUT2D eigenvalue weighted by Crippen LogP contribution is -2.21. The average Bonchev–Trinajstić information content (AvgIpc) is 2.26. The van der Waals surface area contributed by atoms with Gasteiger partial charge in [0.2, 0.25) is 0 Å². The predicted molar refractivity (Wildman–Crippen MR) is 70.1 cm³/mol. The van der Waals surface area contributed by atoms with Gasteiger partial charge in [0.1, 0.15) is 0 Å². The Balaban J connectivity index is 2.49. The van der Waals surface area contributed by atoms with Gasteiger partial charge in [0, 0.05) is 11.3 Å². The van der Waals surface area contributed by atoms with Gasteiger partial charge in [-0.1, -0.05) is 51.1 Å². The second-order valence-electron chi connectivity index (χ2n) is 4.37. The maximum absolute atomic E-state index is 6.20. The van der Waals surface area contributed by atoms with Crippen molar-refractivity contribution >= 4 is 11.8 Å². The van der Waals surface area contributed by atoms with E-state index in [2.05, 4.69) is 45.0 Å². The molecule has 2 N–H and O–H groups in total. The average molecular weight is 223 g/mol. The molecule has 0 aliphatic heterocycles. The zero-order valence-corrected chi connectivity index (χ0v) is 10.6. The third kappa shape index (κ3) is 4.27. The molecule has 0 bridgehead atoms. The van der Waals surface area contributed by atoms with E-state index in [1.54, 1.807) is 0 Å². The zero-order chi connectivity index (χ0) is 11.3. The number of thioether (sulfide) groups is 1. The first-order valence-corrected chi connectivity index (χ1v) is 6.58. The van der Waals surface area contributed by atoms with E-state index >= 15 is 0 Å². The molecule has 0 saturated heterocycles. The van der Waals surface area contributed by atoms with Crippen molar-refractivity contribution in [2.75, 3.05) is 5.75 Å². The van der Waals surface area contributed by atoms with Crippen molar-refractivity contribution in [1.82, 2.24) is 0 Å². The van der Waals surface area contributed by atoms with Crippen LogP contribution < -0.4 is 5.73 Å². The van der Waals surface area contributed by atoms with Gasteiger partial charge in [-0.15, -0.1) is 0 Å². The highest BCUT2D eigenvalue weighted by Crippen LogP contribution is 2.25. The van der Waals surface area contributed by atoms with E-state index < -0.39 is 0 Å². The maximum Gasteiger partial charge on any atom is 0.0412 e. The summed E-state index contributed by atoms with van der Waals surface area (Å²) in [5.41, 5.74) is 7.44. The molecule has 1 nitrogen and oxygen atoms in total. The summed E-state index contributed by atoms with van der Waals surface area (Å²) in [6, 6.07) is 10.5. The Labute approximate surface area is 97.4 Å². The molecule has 0 fully saturated rings. The summed E-state index contributed by atoms with van der Waals surface area (Å²) in [4.78, 5) is 0. The van der Waals surface area contributed by atoms with E-state index in [1.165, 1.54) is 11.3 Å². The first kappa shape index (κ1) is 12.6. The van der Waals surface area contributed by atoms with E-state index in [-0.39, 0.29) is 6.04 Å². The summed E-state index contributed by atoms with van der Waals surface area (Å²) in [6.07, 6.45) is 0. The quantitative estimate of drug-likeness (QED) is 0.827. The molecule has 1 aromatic rings. The highest BCUT2D eigenvalue weighted by Gasteiger charge is 2.14. The van der Waals surface area contributed by atoms with E-state index in [0.717, 1.165) is 5.92 Å². The van der Waals surface area contributed by atoms with Gasteiger partial charge in [-0.25, -0.2) is 0 Å². The van der Waals surface area contributed by atoms with Gasteiger partial charge in [-0.05, 0) is 17.2 Å². The molecule has 2 heteroatoms. The molecule has 84 valence electrons. The Morgan fingerprint density at radius 2 is 1.73 bits per heavy atom. The van der Waals surface area contributed by atoms with Gasteiger partial charge < -0.3 is 5.73 Å². The molecule has 0 amide bonds. The summed E-state index contributed by atoms with van der Waals surface area (Å²) in [5.74, 6) is 1.92. The van der Waals surface area contributed by atoms with Gasteiger partial charge in [-0.2, -0.15) is 11.8 Å². The van der Waals surface area contributed by atoms with Crippen LogP contribution in [0.5, 0.6) is 0 Å². The predicted octanol–water partition coefficient (Wildman–Crippen LogP) is 3.46. The van der Waals surface area contributed by atoms with Crippen LogP contribution in [0.15, 0.2) is 30.3 Å². The van der Waals surface area contributed by atoms with Crippen molar-refractivity contribution < 1.29 is 0 Å². The second-order valence-corrected chi connectivity index (χ2v) is 5.78. The smallest absolute Gasteiger partial charge is 0.0412 e. The van der Waals surface area contributed by atoms with Gasteiger partial charge >= 0.3 is 0 Å². The summed E-state index contributed by atoms with van der Waals surface area (Å²) >= 11 is 1.96. The third-order valence-corrected chi connectivity index (χ3v) is 4.06. The third-order valence-electron chi connectivity index (χ3n) is 2.38. The van der Waals surface area contributed by atoms with Crippen LogP contribution >= 0.6 is 11.8 Å². The molecule has 0 spiro atoms. The summed E-state index contributed by atoms with van der Waals surface area (Å²) in [7, 11) is 0. The molecule has 0 heterocycles. The second kappa shape index (κ2) is 6.19. The maximum atomic E-state index is 6.20. The summed E-state index contributed by atoms with van der Waals surface area (Å²) in [6.45, 7) is 6.70. The highest BCUT2D eigenvalue weighted by atomic mass is 32.2. The lowest BCUT2D eigenvalue weighted by molar-refractivity contribution is 0.702. The Hall–Kier alpha value is -0.470. The minimum atomic E-state index is 0.148. The van der Waals surface area contributed by atoms with Crippen LogP contribution in [0.1, 0.15) is 32.4 Å². The normalized spacial score (nSPS) is 15.3. The molecule has 2 atom stereocenters. The van der Waals surface area contributed by atoms with E-state index in [9.17, 15) is 0 Å². The molecular formula is C13H21NS. The molecule has 2 unspecified atom stereocenters. The zero-order valence-electron chi connectivity index (χ0n) is 9.81. The van der Waals surface area contributed by atoms with Gasteiger partial charge in [-0.3, -0.25) is 0 Å². The van der Waals surface area contributed by atoms with E-state index in [4.69, 9.17) is 5.73 Å². The topological polar surface area (TPSA) is 26.0 Å². The Bertz CT molecular complexity index is 271. The first-order valence-electron chi connectivity index (χ1n) is 5.53. The molecule has 0 aromatic heterocycles. The lowest BCUT2D eigenvalue weighted by atomic mass is 10.1. The summed E-state index contributed by atoms with van der Waals surface area (Å²) < 4.78 is 0. The standard InChI is InChI=1S/C13H21NS/c1-10(2)9-15-11(3)13(14)12-7-5-4-6-8-12/h4-8,10-11,13H,9,14H2,1-3H3.